The van der Waals surface area contributed by atoms with Gasteiger partial charge in [0.05, 0.1) is 11.1 Å². The molecule has 10 rings (SSSR count). The van der Waals surface area contributed by atoms with Gasteiger partial charge in [0.2, 0.25) is 0 Å². The van der Waals surface area contributed by atoms with Crippen LogP contribution >= 0.6 is 0 Å². The van der Waals surface area contributed by atoms with Crippen molar-refractivity contribution in [2.75, 3.05) is 4.90 Å². The van der Waals surface area contributed by atoms with Gasteiger partial charge in [-0.3, -0.25) is 0 Å². The van der Waals surface area contributed by atoms with Gasteiger partial charge in [-0.2, -0.15) is 0 Å². The van der Waals surface area contributed by atoms with E-state index in [0.717, 1.165) is 17.1 Å². The lowest BCUT2D eigenvalue weighted by Crippen LogP contribution is -2.29. The fraction of sp³-hybridized carbons (Fsp3) is 0.0204. The number of rotatable bonds is 5. The summed E-state index contributed by atoms with van der Waals surface area (Å²) in [5.41, 5.74) is 18.1. The van der Waals surface area contributed by atoms with Crippen LogP contribution in [-0.2, 0) is 0 Å². The lowest BCUT2D eigenvalue weighted by Gasteiger charge is -2.43. The summed E-state index contributed by atoms with van der Waals surface area (Å²) < 4.78 is 0. The average Bonchev–Trinajstić information content (AvgIpc) is 3.77. The zero-order chi connectivity index (χ0) is 33.1. The first kappa shape index (κ1) is 28.6. The van der Waals surface area contributed by atoms with Gasteiger partial charge in [0, 0.05) is 22.5 Å². The number of anilines is 3. The Morgan fingerprint density at radius 1 is 0.380 bits per heavy atom. The van der Waals surface area contributed by atoms with Crippen molar-refractivity contribution in [2.24, 2.45) is 5.41 Å². The molecule has 234 valence electrons. The van der Waals surface area contributed by atoms with E-state index in [-0.39, 0.29) is 0 Å². The number of allylic oxidation sites excluding steroid dienone is 10. The van der Waals surface area contributed by atoms with Gasteiger partial charge in [-0.25, -0.2) is 0 Å². The van der Waals surface area contributed by atoms with E-state index < -0.39 is 5.41 Å². The highest BCUT2D eigenvalue weighted by Crippen LogP contribution is 2.65. The molecule has 0 radical (unpaired) electrons. The Kier molecular flexibility index (Phi) is 6.47. The maximum absolute atomic E-state index is 2.46. The fourth-order valence-electron chi connectivity index (χ4n) is 8.51. The smallest absolute Gasteiger partial charge is 0.0654 e. The minimum Gasteiger partial charge on any atom is -0.309 e. The van der Waals surface area contributed by atoms with Crippen LogP contribution in [0.15, 0.2) is 199 Å². The summed E-state index contributed by atoms with van der Waals surface area (Å²) in [6.07, 6.45) is 16.7. The van der Waals surface area contributed by atoms with Crippen molar-refractivity contribution in [3.05, 3.63) is 227 Å². The van der Waals surface area contributed by atoms with Crippen LogP contribution in [-0.4, -0.2) is 0 Å². The summed E-state index contributed by atoms with van der Waals surface area (Å²) in [7, 11) is 0. The molecule has 0 heterocycles. The van der Waals surface area contributed by atoms with Crippen LogP contribution < -0.4 is 4.90 Å². The van der Waals surface area contributed by atoms with Gasteiger partial charge < -0.3 is 4.90 Å². The van der Waals surface area contributed by atoms with Gasteiger partial charge in [0.1, 0.15) is 0 Å². The number of benzene rings is 6. The fourth-order valence-corrected chi connectivity index (χ4v) is 8.51. The van der Waals surface area contributed by atoms with Crippen molar-refractivity contribution in [1.29, 1.82) is 0 Å². The highest BCUT2D eigenvalue weighted by Gasteiger charge is 2.49. The third-order valence-corrected chi connectivity index (χ3v) is 10.6. The first-order valence-electron chi connectivity index (χ1n) is 17.4. The minimum atomic E-state index is -0.519. The first-order valence-corrected chi connectivity index (χ1v) is 17.4. The van der Waals surface area contributed by atoms with E-state index in [1.165, 1.54) is 66.8 Å². The number of para-hydroxylation sites is 3. The van der Waals surface area contributed by atoms with Gasteiger partial charge in [-0.15, -0.1) is 0 Å². The Bertz CT molecular complexity index is 2440. The molecule has 50 heavy (non-hydrogen) atoms. The van der Waals surface area contributed by atoms with Crippen molar-refractivity contribution in [3.63, 3.8) is 0 Å². The number of hydrogen-bond acceptors (Lipinski definition) is 1. The lowest BCUT2D eigenvalue weighted by molar-refractivity contribution is 0.779. The molecule has 6 aromatic carbocycles. The number of fused-ring (bicyclic) bond motifs is 8. The molecular formula is C49H33N. The van der Waals surface area contributed by atoms with Crippen molar-refractivity contribution < 1.29 is 0 Å². The van der Waals surface area contributed by atoms with Crippen LogP contribution in [0.5, 0.6) is 0 Å². The van der Waals surface area contributed by atoms with E-state index >= 15 is 0 Å². The summed E-state index contributed by atoms with van der Waals surface area (Å²) in [5, 5.41) is 0. The first-order chi connectivity index (χ1) is 24.8. The Morgan fingerprint density at radius 3 is 1.50 bits per heavy atom. The van der Waals surface area contributed by atoms with E-state index in [2.05, 4.69) is 205 Å². The molecular weight excluding hydrogens is 603 g/mol. The number of nitrogens with zero attached hydrogens (tertiary/aromatic N) is 1. The molecule has 0 fully saturated rings. The second-order valence-electron chi connectivity index (χ2n) is 13.3. The predicted octanol–water partition coefficient (Wildman–Crippen LogP) is 12.7. The van der Waals surface area contributed by atoms with Crippen LogP contribution in [0.1, 0.15) is 27.8 Å². The van der Waals surface area contributed by atoms with Crippen molar-refractivity contribution in [1.82, 2.24) is 0 Å². The Morgan fingerprint density at radius 2 is 0.880 bits per heavy atom. The van der Waals surface area contributed by atoms with Crippen LogP contribution in [0.25, 0.3) is 40.0 Å². The molecule has 0 saturated heterocycles. The van der Waals surface area contributed by atoms with E-state index in [4.69, 9.17) is 0 Å². The van der Waals surface area contributed by atoms with Crippen LogP contribution in [0.3, 0.4) is 0 Å². The normalized spacial score (nSPS) is 17.8. The summed E-state index contributed by atoms with van der Waals surface area (Å²) >= 11 is 0. The van der Waals surface area contributed by atoms with Crippen molar-refractivity contribution >= 4 is 45.9 Å². The van der Waals surface area contributed by atoms with Crippen molar-refractivity contribution in [3.8, 4) is 11.1 Å². The molecule has 4 aliphatic rings. The highest BCUT2D eigenvalue weighted by molar-refractivity contribution is 6.12. The molecule has 0 saturated carbocycles. The van der Waals surface area contributed by atoms with Gasteiger partial charge in [0.25, 0.3) is 0 Å². The summed E-state index contributed by atoms with van der Waals surface area (Å²) in [6, 6.07) is 57.0. The molecule has 0 N–H and O–H groups in total. The largest absolute Gasteiger partial charge is 0.309 e. The maximum Gasteiger partial charge on any atom is 0.0654 e. The Balaban J connectivity index is 1.30. The summed E-state index contributed by atoms with van der Waals surface area (Å²) in [5.74, 6) is 0. The SMILES string of the molecule is C1=CC2(C3=Cc4ccccc4C3=C1)C1=Cc3ccccc3C1=CC=C2c1cccc(-c2ccccc2)c1N(c1ccccc1)c1ccccc1. The second kappa shape index (κ2) is 11.3. The zero-order valence-corrected chi connectivity index (χ0v) is 27.5. The zero-order valence-electron chi connectivity index (χ0n) is 27.5. The predicted molar refractivity (Wildman–Crippen MR) is 211 cm³/mol. The summed E-state index contributed by atoms with van der Waals surface area (Å²) in [6.45, 7) is 0. The Labute approximate surface area is 293 Å². The second-order valence-corrected chi connectivity index (χ2v) is 13.3. The lowest BCUT2D eigenvalue weighted by atomic mass is 9.59. The minimum absolute atomic E-state index is 0.519. The standard InChI is InChI=1S/C49H33N/c1-4-16-34(17-5-1)41-26-14-27-44(48(41)50(37-20-6-2-7-21-37)38-22-8-3-9-23-38)45-30-29-43-40-25-13-11-19-36(40)33-47(43)49(45)31-15-28-42-39-24-12-10-18-35(39)32-46(42)49/h1-33H. The highest BCUT2D eigenvalue weighted by atomic mass is 15.1. The molecule has 0 bridgehead atoms. The van der Waals surface area contributed by atoms with Gasteiger partial charge in [-0.1, -0.05) is 164 Å². The third-order valence-electron chi connectivity index (χ3n) is 10.6. The average molecular weight is 636 g/mol. The van der Waals surface area contributed by atoms with Crippen LogP contribution in [0, 0.1) is 5.41 Å². The van der Waals surface area contributed by atoms with E-state index in [1.54, 1.807) is 0 Å². The molecule has 0 aromatic heterocycles. The molecule has 1 atom stereocenters. The topological polar surface area (TPSA) is 3.24 Å². The van der Waals surface area contributed by atoms with E-state index in [1.807, 2.05) is 0 Å². The van der Waals surface area contributed by atoms with E-state index in [0.29, 0.717) is 0 Å². The van der Waals surface area contributed by atoms with Crippen LogP contribution in [0.2, 0.25) is 0 Å². The summed E-state index contributed by atoms with van der Waals surface area (Å²) in [4.78, 5) is 2.45. The molecule has 1 heteroatoms. The molecule has 1 unspecified atom stereocenters. The third kappa shape index (κ3) is 4.20. The van der Waals surface area contributed by atoms with Gasteiger partial charge in [-0.05, 0) is 92.1 Å². The van der Waals surface area contributed by atoms with Gasteiger partial charge >= 0.3 is 0 Å². The molecule has 6 aromatic rings. The molecule has 0 aliphatic heterocycles. The van der Waals surface area contributed by atoms with Gasteiger partial charge in [0.15, 0.2) is 0 Å². The van der Waals surface area contributed by atoms with Crippen molar-refractivity contribution in [2.45, 2.75) is 0 Å². The Hall–Kier alpha value is -6.44. The molecule has 1 spiro atoms. The molecule has 1 nitrogen and oxygen atoms in total. The molecule has 0 amide bonds. The monoisotopic (exact) mass is 635 g/mol. The maximum atomic E-state index is 2.46. The quantitative estimate of drug-likeness (QED) is 0.182. The number of hydrogen-bond donors (Lipinski definition) is 0. The van der Waals surface area contributed by atoms with Crippen LogP contribution in [0.4, 0.5) is 17.1 Å². The molecule has 4 aliphatic carbocycles. The van der Waals surface area contributed by atoms with E-state index in [9.17, 15) is 0 Å².